The lowest BCUT2D eigenvalue weighted by atomic mass is 10.1. The minimum absolute atomic E-state index is 0.157. The van der Waals surface area contributed by atoms with Gasteiger partial charge in [-0.25, -0.2) is 9.59 Å². The summed E-state index contributed by atoms with van der Waals surface area (Å²) in [6.45, 7) is 2.93. The van der Waals surface area contributed by atoms with Gasteiger partial charge in [-0.3, -0.25) is 0 Å². The molecule has 0 saturated carbocycles. The Morgan fingerprint density at radius 2 is 1.83 bits per heavy atom. The molecule has 8 heteroatoms. The molecule has 106 valence electrons. The molecule has 0 heterocycles. The number of hydrogen-bond acceptors (Lipinski definition) is 2. The predicted molar refractivity (Wildman–Crippen MR) is 58.1 cm³/mol. The second kappa shape index (κ2) is 6.46. The van der Waals surface area contributed by atoms with Crippen LogP contribution in [-0.2, 0) is 4.79 Å². The number of carboxylic acids is 1. The fraction of sp³-hybridized carbons (Fsp3) is 0.800. The van der Waals surface area contributed by atoms with Crippen molar-refractivity contribution in [3.63, 3.8) is 0 Å². The van der Waals surface area contributed by atoms with E-state index in [2.05, 4.69) is 5.32 Å². The number of amides is 2. The maximum atomic E-state index is 12.2. The molecule has 18 heavy (non-hydrogen) atoms. The van der Waals surface area contributed by atoms with E-state index in [9.17, 15) is 22.8 Å². The molecule has 0 aliphatic carbocycles. The maximum Gasteiger partial charge on any atom is 0.406 e. The normalized spacial score (nSPS) is 13.3. The summed E-state index contributed by atoms with van der Waals surface area (Å²) in [6, 6.07) is -2.24. The van der Waals surface area contributed by atoms with Gasteiger partial charge in [-0.1, -0.05) is 13.8 Å². The predicted octanol–water partition coefficient (Wildman–Crippen LogP) is 1.69. The van der Waals surface area contributed by atoms with Crippen molar-refractivity contribution in [1.82, 2.24) is 10.2 Å². The van der Waals surface area contributed by atoms with E-state index in [-0.39, 0.29) is 6.54 Å². The number of nitrogens with zero attached hydrogens (tertiary/aromatic N) is 1. The molecular formula is C10H17F3N2O3. The topological polar surface area (TPSA) is 69.6 Å². The summed E-state index contributed by atoms with van der Waals surface area (Å²) < 4.78 is 36.5. The van der Waals surface area contributed by atoms with Gasteiger partial charge in [-0.15, -0.1) is 0 Å². The van der Waals surface area contributed by atoms with Crippen molar-refractivity contribution in [2.24, 2.45) is 5.92 Å². The van der Waals surface area contributed by atoms with Crippen molar-refractivity contribution in [3.8, 4) is 0 Å². The van der Waals surface area contributed by atoms with Gasteiger partial charge in [0.05, 0.1) is 0 Å². The van der Waals surface area contributed by atoms with Crippen LogP contribution in [0.15, 0.2) is 0 Å². The summed E-state index contributed by atoms with van der Waals surface area (Å²) in [5.41, 5.74) is 0. The third-order valence-electron chi connectivity index (χ3n) is 2.25. The summed E-state index contributed by atoms with van der Waals surface area (Å²) in [4.78, 5) is 22.9. The fourth-order valence-electron chi connectivity index (χ4n) is 1.28. The van der Waals surface area contributed by atoms with E-state index in [1.807, 2.05) is 0 Å². The van der Waals surface area contributed by atoms with Crippen LogP contribution in [0.1, 0.15) is 20.8 Å². The number of carbonyl (C=O) groups is 2. The molecule has 0 radical (unpaired) electrons. The quantitative estimate of drug-likeness (QED) is 0.798. The smallest absolute Gasteiger partial charge is 0.406 e. The Labute approximate surface area is 103 Å². The lowest BCUT2D eigenvalue weighted by molar-refractivity contribution is -0.141. The summed E-state index contributed by atoms with van der Waals surface area (Å²) in [7, 11) is 0. The molecule has 2 amide bonds. The maximum absolute atomic E-state index is 12.2. The fourth-order valence-corrected chi connectivity index (χ4v) is 1.28. The van der Waals surface area contributed by atoms with Crippen molar-refractivity contribution < 1.29 is 27.9 Å². The molecule has 0 rings (SSSR count). The van der Waals surface area contributed by atoms with Crippen molar-refractivity contribution in [1.29, 1.82) is 0 Å². The average molecular weight is 270 g/mol. The van der Waals surface area contributed by atoms with Crippen molar-refractivity contribution >= 4 is 12.0 Å². The molecule has 0 fully saturated rings. The number of nitrogens with one attached hydrogen (secondary N) is 1. The van der Waals surface area contributed by atoms with Crippen LogP contribution in [0.3, 0.4) is 0 Å². The average Bonchev–Trinajstić information content (AvgIpc) is 2.19. The Kier molecular flexibility index (Phi) is 5.93. The van der Waals surface area contributed by atoms with Gasteiger partial charge in [0.2, 0.25) is 0 Å². The first-order valence-electron chi connectivity index (χ1n) is 5.43. The zero-order valence-corrected chi connectivity index (χ0v) is 10.4. The standard InChI is InChI=1S/C10H17F3N2O3/c1-4-15(5-10(11,12)13)9(18)14-7(6(2)3)8(16)17/h6-7H,4-5H2,1-3H3,(H,14,18)(H,16,17)/t7-/m0/s1. The van der Waals surface area contributed by atoms with Gasteiger partial charge in [0.25, 0.3) is 0 Å². The molecular weight excluding hydrogens is 253 g/mol. The summed E-state index contributed by atoms with van der Waals surface area (Å²) >= 11 is 0. The summed E-state index contributed by atoms with van der Waals surface area (Å²) in [6.07, 6.45) is -4.51. The molecule has 0 aromatic carbocycles. The highest BCUT2D eigenvalue weighted by Crippen LogP contribution is 2.16. The first-order chi connectivity index (χ1) is 8.08. The Hall–Kier alpha value is -1.47. The number of urea groups is 1. The first-order valence-corrected chi connectivity index (χ1v) is 5.43. The third kappa shape index (κ3) is 5.74. The zero-order valence-electron chi connectivity index (χ0n) is 10.4. The van der Waals surface area contributed by atoms with E-state index in [1.165, 1.54) is 6.92 Å². The van der Waals surface area contributed by atoms with Crippen molar-refractivity contribution in [3.05, 3.63) is 0 Å². The number of hydrogen-bond donors (Lipinski definition) is 2. The number of halogens is 3. The van der Waals surface area contributed by atoms with Gasteiger partial charge >= 0.3 is 18.2 Å². The molecule has 0 saturated heterocycles. The third-order valence-corrected chi connectivity index (χ3v) is 2.25. The lowest BCUT2D eigenvalue weighted by Crippen LogP contribution is -2.52. The van der Waals surface area contributed by atoms with Crippen LogP contribution >= 0.6 is 0 Å². The molecule has 2 N–H and O–H groups in total. The van der Waals surface area contributed by atoms with Crippen LogP contribution in [-0.4, -0.2) is 47.3 Å². The molecule has 0 aromatic heterocycles. The molecule has 5 nitrogen and oxygen atoms in total. The van der Waals surface area contributed by atoms with E-state index in [0.29, 0.717) is 4.90 Å². The highest BCUT2D eigenvalue weighted by molar-refractivity contribution is 5.82. The Bertz CT molecular complexity index is 305. The molecule has 0 aromatic rings. The second-order valence-electron chi connectivity index (χ2n) is 4.14. The largest absolute Gasteiger partial charge is 0.480 e. The Morgan fingerprint density at radius 3 is 2.11 bits per heavy atom. The first kappa shape index (κ1) is 16.5. The van der Waals surface area contributed by atoms with Gasteiger partial charge in [-0.05, 0) is 12.8 Å². The van der Waals surface area contributed by atoms with Crippen LogP contribution in [0.2, 0.25) is 0 Å². The number of rotatable bonds is 5. The van der Waals surface area contributed by atoms with Crippen LogP contribution in [0, 0.1) is 5.92 Å². The van der Waals surface area contributed by atoms with Crippen LogP contribution in [0.4, 0.5) is 18.0 Å². The van der Waals surface area contributed by atoms with Gasteiger partial charge in [0.1, 0.15) is 12.6 Å². The highest BCUT2D eigenvalue weighted by Gasteiger charge is 2.34. The van der Waals surface area contributed by atoms with E-state index < -0.39 is 36.7 Å². The molecule has 0 unspecified atom stereocenters. The Balaban J connectivity index is 4.65. The molecule has 0 spiro atoms. The number of alkyl halides is 3. The molecule has 0 aliphatic rings. The summed E-state index contributed by atoms with van der Waals surface area (Å²) in [5, 5.41) is 10.9. The van der Waals surface area contributed by atoms with Crippen LogP contribution in [0.25, 0.3) is 0 Å². The van der Waals surface area contributed by atoms with E-state index in [1.54, 1.807) is 13.8 Å². The zero-order chi connectivity index (χ0) is 14.5. The van der Waals surface area contributed by atoms with Crippen LogP contribution in [0.5, 0.6) is 0 Å². The molecule has 0 bridgehead atoms. The monoisotopic (exact) mass is 270 g/mol. The second-order valence-corrected chi connectivity index (χ2v) is 4.14. The Morgan fingerprint density at radius 1 is 1.33 bits per heavy atom. The van der Waals surface area contributed by atoms with Gasteiger partial charge < -0.3 is 15.3 Å². The lowest BCUT2D eigenvalue weighted by Gasteiger charge is -2.26. The minimum Gasteiger partial charge on any atom is -0.480 e. The van der Waals surface area contributed by atoms with E-state index in [0.717, 1.165) is 0 Å². The number of carbonyl (C=O) groups excluding carboxylic acids is 1. The number of aliphatic carboxylic acids is 1. The molecule has 0 aliphatic heterocycles. The number of carboxylic acid groups (broad SMARTS) is 1. The SMILES string of the molecule is CCN(CC(F)(F)F)C(=O)N[C@H](C(=O)O)C(C)C. The van der Waals surface area contributed by atoms with Crippen LogP contribution < -0.4 is 5.32 Å². The van der Waals surface area contributed by atoms with Crippen molar-refractivity contribution in [2.75, 3.05) is 13.1 Å². The van der Waals surface area contributed by atoms with E-state index in [4.69, 9.17) is 5.11 Å². The van der Waals surface area contributed by atoms with Crippen molar-refractivity contribution in [2.45, 2.75) is 33.0 Å². The van der Waals surface area contributed by atoms with Gasteiger partial charge in [0, 0.05) is 6.54 Å². The minimum atomic E-state index is -4.51. The van der Waals surface area contributed by atoms with Gasteiger partial charge in [0.15, 0.2) is 0 Å². The van der Waals surface area contributed by atoms with E-state index >= 15 is 0 Å². The van der Waals surface area contributed by atoms with Gasteiger partial charge in [-0.2, -0.15) is 13.2 Å². The highest BCUT2D eigenvalue weighted by atomic mass is 19.4. The molecule has 1 atom stereocenters. The summed E-state index contributed by atoms with van der Waals surface area (Å²) in [5.74, 6) is -1.70.